The van der Waals surface area contributed by atoms with Gasteiger partial charge >= 0.3 is 0 Å². The number of hydrogen-bond donors (Lipinski definition) is 1. The van der Waals surface area contributed by atoms with E-state index >= 15 is 0 Å². The first-order valence-corrected chi connectivity index (χ1v) is 12.1. The van der Waals surface area contributed by atoms with Gasteiger partial charge < -0.3 is 14.6 Å². The first-order chi connectivity index (χ1) is 16.2. The number of anilines is 1. The van der Waals surface area contributed by atoms with Gasteiger partial charge in [-0.1, -0.05) is 42.5 Å². The van der Waals surface area contributed by atoms with Crippen LogP contribution in [0.4, 0.5) is 6.01 Å². The molecule has 0 spiro atoms. The van der Waals surface area contributed by atoms with Gasteiger partial charge in [-0.25, -0.2) is 0 Å². The Balaban J connectivity index is 0.997. The molecule has 3 heterocycles. The Bertz CT molecular complexity index is 1000. The third-order valence-electron chi connectivity index (χ3n) is 6.86. The van der Waals surface area contributed by atoms with Crippen molar-refractivity contribution in [1.29, 1.82) is 0 Å². The van der Waals surface area contributed by atoms with Crippen molar-refractivity contribution in [2.24, 2.45) is 5.92 Å². The zero-order valence-electron chi connectivity index (χ0n) is 19.2. The maximum Gasteiger partial charge on any atom is 0.298 e. The Labute approximate surface area is 195 Å². The molecule has 2 fully saturated rings. The van der Waals surface area contributed by atoms with Gasteiger partial charge in [0.05, 0.1) is 0 Å². The Morgan fingerprint density at radius 3 is 2.36 bits per heavy atom. The molecule has 33 heavy (non-hydrogen) atoms. The third kappa shape index (κ3) is 5.54. The largest absolute Gasteiger partial charge is 0.423 e. The minimum absolute atomic E-state index is 0.0772. The molecule has 1 aromatic heterocycles. The molecule has 1 N–H and O–H groups in total. The van der Waals surface area contributed by atoms with Gasteiger partial charge in [-0.05, 0) is 30.5 Å². The number of benzene rings is 2. The predicted octanol–water partition coefficient (Wildman–Crippen LogP) is 2.98. The van der Waals surface area contributed by atoms with Crippen molar-refractivity contribution in [2.75, 3.05) is 57.3 Å². The Kier molecular flexibility index (Phi) is 6.88. The standard InChI is InChI=1S/C26H33N5O2/c32-25(22-10-13-31(14-11-22)26-28-23-8-4-5-9-24(23)33-26)27-12-15-29-16-18-30(19-17-29)20-21-6-2-1-3-7-21/h1-9,22H,10-20H2,(H,27,32). The number of aromatic nitrogens is 1. The summed E-state index contributed by atoms with van der Waals surface area (Å²) < 4.78 is 5.88. The van der Waals surface area contributed by atoms with Gasteiger partial charge in [0.2, 0.25) is 5.91 Å². The van der Waals surface area contributed by atoms with E-state index in [2.05, 4.69) is 55.3 Å². The van der Waals surface area contributed by atoms with E-state index in [1.807, 2.05) is 24.3 Å². The van der Waals surface area contributed by atoms with Crippen LogP contribution in [0.5, 0.6) is 0 Å². The van der Waals surface area contributed by atoms with E-state index in [1.165, 1.54) is 5.56 Å². The molecule has 5 rings (SSSR count). The van der Waals surface area contributed by atoms with E-state index in [4.69, 9.17) is 4.42 Å². The van der Waals surface area contributed by atoms with Crippen molar-refractivity contribution in [2.45, 2.75) is 19.4 Å². The summed E-state index contributed by atoms with van der Waals surface area (Å²) in [6.45, 7) is 8.55. The average molecular weight is 448 g/mol. The van der Waals surface area contributed by atoms with Crippen molar-refractivity contribution >= 4 is 23.0 Å². The topological polar surface area (TPSA) is 64.9 Å². The summed E-state index contributed by atoms with van der Waals surface area (Å²) in [5, 5.41) is 3.18. The van der Waals surface area contributed by atoms with Gasteiger partial charge in [0.25, 0.3) is 6.01 Å². The number of para-hydroxylation sites is 2. The summed E-state index contributed by atoms with van der Waals surface area (Å²) in [6, 6.07) is 19.2. The first kappa shape index (κ1) is 21.9. The average Bonchev–Trinajstić information content (AvgIpc) is 3.30. The molecular weight excluding hydrogens is 414 g/mol. The Hall–Kier alpha value is -2.90. The first-order valence-electron chi connectivity index (χ1n) is 12.1. The van der Waals surface area contributed by atoms with E-state index in [-0.39, 0.29) is 11.8 Å². The van der Waals surface area contributed by atoms with Crippen LogP contribution in [-0.2, 0) is 11.3 Å². The van der Waals surface area contributed by atoms with Crippen molar-refractivity contribution in [1.82, 2.24) is 20.1 Å². The fourth-order valence-corrected chi connectivity index (χ4v) is 4.82. The molecule has 0 saturated carbocycles. The number of rotatable bonds is 7. The maximum absolute atomic E-state index is 12.7. The number of hydrogen-bond acceptors (Lipinski definition) is 6. The Morgan fingerprint density at radius 2 is 1.61 bits per heavy atom. The molecule has 0 atom stereocenters. The van der Waals surface area contributed by atoms with Gasteiger partial charge in [0.15, 0.2) is 5.58 Å². The molecule has 0 aliphatic carbocycles. The molecule has 2 aromatic carbocycles. The smallest absolute Gasteiger partial charge is 0.298 e. The number of carbonyl (C=O) groups is 1. The van der Waals surface area contributed by atoms with E-state index in [9.17, 15) is 4.79 Å². The molecule has 2 saturated heterocycles. The van der Waals surface area contributed by atoms with Gasteiger partial charge in [-0.2, -0.15) is 4.98 Å². The van der Waals surface area contributed by atoms with Crippen LogP contribution in [0.25, 0.3) is 11.1 Å². The van der Waals surface area contributed by atoms with Crippen molar-refractivity contribution in [3.8, 4) is 0 Å². The minimum atomic E-state index is 0.0772. The molecule has 1 amide bonds. The molecule has 2 aliphatic heterocycles. The quantitative estimate of drug-likeness (QED) is 0.601. The highest BCUT2D eigenvalue weighted by Gasteiger charge is 2.27. The highest BCUT2D eigenvalue weighted by atomic mass is 16.4. The minimum Gasteiger partial charge on any atom is -0.423 e. The second kappa shape index (κ2) is 10.4. The molecule has 3 aromatic rings. The molecule has 0 unspecified atom stereocenters. The summed E-state index contributed by atoms with van der Waals surface area (Å²) in [6.07, 6.45) is 1.67. The third-order valence-corrected chi connectivity index (χ3v) is 6.86. The van der Waals surface area contributed by atoms with Gasteiger partial charge in [0, 0.05) is 64.8 Å². The van der Waals surface area contributed by atoms with E-state index in [1.54, 1.807) is 0 Å². The van der Waals surface area contributed by atoms with Crippen molar-refractivity contribution in [3.05, 3.63) is 60.2 Å². The van der Waals surface area contributed by atoms with Crippen LogP contribution in [-0.4, -0.2) is 73.0 Å². The van der Waals surface area contributed by atoms with Crippen LogP contribution >= 0.6 is 0 Å². The van der Waals surface area contributed by atoms with E-state index in [0.717, 1.165) is 82.8 Å². The highest BCUT2D eigenvalue weighted by Crippen LogP contribution is 2.26. The van der Waals surface area contributed by atoms with Crippen molar-refractivity contribution < 1.29 is 9.21 Å². The zero-order valence-corrected chi connectivity index (χ0v) is 19.2. The second-order valence-corrected chi connectivity index (χ2v) is 9.12. The predicted molar refractivity (Wildman–Crippen MR) is 130 cm³/mol. The van der Waals surface area contributed by atoms with Gasteiger partial charge in [-0.3, -0.25) is 14.6 Å². The number of amides is 1. The summed E-state index contributed by atoms with van der Waals surface area (Å²) in [5.41, 5.74) is 3.07. The summed E-state index contributed by atoms with van der Waals surface area (Å²) >= 11 is 0. The SMILES string of the molecule is O=C(NCCN1CCN(Cc2ccccc2)CC1)C1CCN(c2nc3ccccc3o2)CC1. The number of carbonyl (C=O) groups excluding carboxylic acids is 1. The number of piperazine rings is 1. The lowest BCUT2D eigenvalue weighted by molar-refractivity contribution is -0.125. The lowest BCUT2D eigenvalue weighted by Crippen LogP contribution is -2.48. The van der Waals surface area contributed by atoms with E-state index in [0.29, 0.717) is 6.01 Å². The van der Waals surface area contributed by atoms with Gasteiger partial charge in [0.1, 0.15) is 5.52 Å². The normalized spacial score (nSPS) is 18.6. The lowest BCUT2D eigenvalue weighted by atomic mass is 9.96. The summed E-state index contributed by atoms with van der Waals surface area (Å²) in [4.78, 5) is 24.4. The lowest BCUT2D eigenvalue weighted by Gasteiger charge is -2.35. The maximum atomic E-state index is 12.7. The van der Waals surface area contributed by atoms with Crippen LogP contribution < -0.4 is 10.2 Å². The number of nitrogens with zero attached hydrogens (tertiary/aromatic N) is 4. The molecule has 0 bridgehead atoms. The van der Waals surface area contributed by atoms with Crippen LogP contribution in [0.15, 0.2) is 59.0 Å². The fourth-order valence-electron chi connectivity index (χ4n) is 4.82. The highest BCUT2D eigenvalue weighted by molar-refractivity contribution is 5.79. The molecule has 2 aliphatic rings. The number of piperidine rings is 1. The van der Waals surface area contributed by atoms with E-state index < -0.39 is 0 Å². The number of nitrogens with one attached hydrogen (secondary N) is 1. The number of fused-ring (bicyclic) bond motifs is 1. The zero-order chi connectivity index (χ0) is 22.5. The molecule has 0 radical (unpaired) electrons. The molecule has 7 nitrogen and oxygen atoms in total. The van der Waals surface area contributed by atoms with Crippen LogP contribution in [0.2, 0.25) is 0 Å². The second-order valence-electron chi connectivity index (χ2n) is 9.12. The summed E-state index contributed by atoms with van der Waals surface area (Å²) in [7, 11) is 0. The number of oxazole rings is 1. The Morgan fingerprint density at radius 1 is 0.909 bits per heavy atom. The van der Waals surface area contributed by atoms with Gasteiger partial charge in [-0.15, -0.1) is 0 Å². The molecular formula is C26H33N5O2. The monoisotopic (exact) mass is 447 g/mol. The van der Waals surface area contributed by atoms with Crippen molar-refractivity contribution in [3.63, 3.8) is 0 Å². The molecule has 7 heteroatoms. The van der Waals surface area contributed by atoms with Crippen LogP contribution in [0, 0.1) is 5.92 Å². The van der Waals surface area contributed by atoms with Crippen LogP contribution in [0.1, 0.15) is 18.4 Å². The van der Waals surface area contributed by atoms with Crippen LogP contribution in [0.3, 0.4) is 0 Å². The molecule has 174 valence electrons. The fraction of sp³-hybridized carbons (Fsp3) is 0.462. The summed E-state index contributed by atoms with van der Waals surface area (Å²) in [5.74, 6) is 0.267.